The summed E-state index contributed by atoms with van der Waals surface area (Å²) >= 11 is 0. The number of nitriles is 1. The predicted molar refractivity (Wildman–Crippen MR) is 180 cm³/mol. The molecule has 2 aromatic carbocycles. The minimum absolute atomic E-state index is 0.0328. The number of oxazole rings is 1. The fourth-order valence-corrected chi connectivity index (χ4v) is 7.17. The van der Waals surface area contributed by atoms with Gasteiger partial charge in [-0.1, -0.05) is 12.1 Å². The smallest absolute Gasteiger partial charge is 0.420 e. The van der Waals surface area contributed by atoms with E-state index in [0.717, 1.165) is 25.0 Å². The van der Waals surface area contributed by atoms with Crippen molar-refractivity contribution in [1.82, 2.24) is 24.6 Å². The molecule has 0 N–H and O–H groups in total. The molecular formula is C37H37FN6O6. The number of carbonyl (C=O) groups excluding carboxylic acids is 1. The lowest BCUT2D eigenvalue weighted by Gasteiger charge is -2.35. The zero-order chi connectivity index (χ0) is 35.2. The van der Waals surface area contributed by atoms with Crippen molar-refractivity contribution in [3.05, 3.63) is 86.7 Å². The van der Waals surface area contributed by atoms with Crippen molar-refractivity contribution in [1.29, 1.82) is 5.26 Å². The van der Waals surface area contributed by atoms with Crippen LogP contribution in [0.2, 0.25) is 0 Å². The highest BCUT2D eigenvalue weighted by atomic mass is 19.1. The lowest BCUT2D eigenvalue weighted by molar-refractivity contribution is -0.0734. The Labute approximate surface area is 287 Å². The maximum absolute atomic E-state index is 14.4. The zero-order valence-electron chi connectivity index (χ0n) is 28.4. The van der Waals surface area contributed by atoms with Crippen LogP contribution in [0.4, 0.5) is 4.39 Å². The third kappa shape index (κ3) is 6.32. The zero-order valence-corrected chi connectivity index (χ0v) is 28.4. The van der Waals surface area contributed by atoms with Crippen LogP contribution in [-0.4, -0.2) is 63.0 Å². The number of pyridine rings is 1. The Morgan fingerprint density at radius 1 is 1.10 bits per heavy atom. The molecule has 0 saturated carbocycles. The van der Waals surface area contributed by atoms with Crippen LogP contribution < -0.4 is 5.76 Å². The molecule has 13 heteroatoms. The molecule has 1 saturated heterocycles. The molecule has 1 unspecified atom stereocenters. The summed E-state index contributed by atoms with van der Waals surface area (Å²) in [4.78, 5) is 34.0. The molecule has 1 atom stereocenters. The molecule has 5 heterocycles. The van der Waals surface area contributed by atoms with Gasteiger partial charge in [-0.05, 0) is 80.8 Å². The predicted octanol–water partition coefficient (Wildman–Crippen LogP) is 5.81. The Hall–Kier alpha value is -5.19. The van der Waals surface area contributed by atoms with Gasteiger partial charge in [-0.25, -0.2) is 9.18 Å². The molecule has 5 aromatic rings. The molecule has 1 fully saturated rings. The number of methoxy groups -OCH3 is 1. The number of aromatic nitrogens is 4. The Bertz CT molecular complexity index is 2210. The van der Waals surface area contributed by atoms with Gasteiger partial charge in [0.25, 0.3) is 5.91 Å². The number of carbonyl (C=O) groups is 1. The SMILES string of the molecule is COCCN1Cc2nc(CCC3CCOC(C)(C)C3)c(-c3nnc(C)o3)c(-c3ccc4c(c3)oc(=O)n4Cc3ccc(C#N)c(F)c3)c2C1=O. The summed E-state index contributed by atoms with van der Waals surface area (Å²) in [6.45, 7) is 7.74. The van der Waals surface area contributed by atoms with Crippen molar-refractivity contribution in [3.8, 4) is 28.7 Å². The second kappa shape index (κ2) is 13.3. The number of fused-ring (bicyclic) bond motifs is 2. The van der Waals surface area contributed by atoms with Crippen LogP contribution in [0, 0.1) is 30.0 Å². The minimum Gasteiger partial charge on any atom is -0.421 e. The van der Waals surface area contributed by atoms with Crippen LogP contribution >= 0.6 is 0 Å². The van der Waals surface area contributed by atoms with Crippen molar-refractivity contribution in [2.24, 2.45) is 5.92 Å². The normalized spacial score (nSPS) is 17.0. The van der Waals surface area contributed by atoms with Crippen LogP contribution in [-0.2, 0) is 29.0 Å². The number of benzene rings is 2. The first-order valence-corrected chi connectivity index (χ1v) is 16.7. The summed E-state index contributed by atoms with van der Waals surface area (Å²) in [5.41, 5.74) is 4.57. The number of hydrogen-bond donors (Lipinski definition) is 0. The number of rotatable bonds is 10. The standard InChI is InChI=1S/C37H37FN6O6/c1-21-41-42-34(49-21)32-27(9-6-22-11-13-48-37(2,3)17-22)40-28-20-43(12-14-47-4)35(45)33(28)31(32)24-8-10-29-30(16-24)50-36(46)44(29)19-23-5-7-25(18-39)26(38)15-23/h5,7-8,10,15-16,22H,6,9,11-14,17,19-20H2,1-4H3. The lowest BCUT2D eigenvalue weighted by atomic mass is 9.84. The highest BCUT2D eigenvalue weighted by molar-refractivity contribution is 6.08. The van der Waals surface area contributed by atoms with E-state index < -0.39 is 11.6 Å². The second-order valence-corrected chi connectivity index (χ2v) is 13.5. The Kier molecular flexibility index (Phi) is 8.84. The van der Waals surface area contributed by atoms with Gasteiger partial charge in [0.05, 0.1) is 58.9 Å². The van der Waals surface area contributed by atoms with Gasteiger partial charge >= 0.3 is 5.76 Å². The van der Waals surface area contributed by atoms with Crippen LogP contribution in [0.3, 0.4) is 0 Å². The van der Waals surface area contributed by atoms with Gasteiger partial charge in [-0.3, -0.25) is 14.3 Å². The van der Waals surface area contributed by atoms with Gasteiger partial charge < -0.3 is 23.2 Å². The van der Waals surface area contributed by atoms with E-state index in [1.54, 1.807) is 43.2 Å². The number of hydrogen-bond acceptors (Lipinski definition) is 10. The average molecular weight is 681 g/mol. The molecule has 2 aliphatic rings. The largest absolute Gasteiger partial charge is 0.421 e. The fraction of sp³-hybridized carbons (Fsp3) is 0.405. The van der Waals surface area contributed by atoms with E-state index in [4.69, 9.17) is 28.6 Å². The number of amides is 1. The van der Waals surface area contributed by atoms with Gasteiger partial charge in [-0.15, -0.1) is 10.2 Å². The van der Waals surface area contributed by atoms with Gasteiger partial charge in [-0.2, -0.15) is 5.26 Å². The molecule has 258 valence electrons. The maximum Gasteiger partial charge on any atom is 0.420 e. The highest BCUT2D eigenvalue weighted by Crippen LogP contribution is 2.43. The van der Waals surface area contributed by atoms with Gasteiger partial charge in [0.2, 0.25) is 11.8 Å². The molecule has 0 bridgehead atoms. The third-order valence-corrected chi connectivity index (χ3v) is 9.53. The topological polar surface area (TPSA) is 150 Å². The minimum atomic E-state index is -0.663. The maximum atomic E-state index is 14.4. The molecule has 1 amide bonds. The number of halogens is 1. The highest BCUT2D eigenvalue weighted by Gasteiger charge is 2.37. The van der Waals surface area contributed by atoms with Crippen molar-refractivity contribution >= 4 is 17.0 Å². The van der Waals surface area contributed by atoms with Crippen LogP contribution in [0.25, 0.3) is 33.7 Å². The third-order valence-electron chi connectivity index (χ3n) is 9.53. The van der Waals surface area contributed by atoms with Crippen LogP contribution in [0.5, 0.6) is 0 Å². The van der Waals surface area contributed by atoms with E-state index in [2.05, 4.69) is 24.0 Å². The Balaban J connectivity index is 1.36. The van der Waals surface area contributed by atoms with E-state index in [1.807, 2.05) is 6.07 Å². The summed E-state index contributed by atoms with van der Waals surface area (Å²) in [7, 11) is 1.59. The molecule has 2 aliphatic heterocycles. The quantitative estimate of drug-likeness (QED) is 0.177. The summed E-state index contributed by atoms with van der Waals surface area (Å²) in [6, 6.07) is 11.3. The fourth-order valence-electron chi connectivity index (χ4n) is 7.17. The molecule has 50 heavy (non-hydrogen) atoms. The molecule has 0 spiro atoms. The first-order valence-electron chi connectivity index (χ1n) is 16.7. The van der Waals surface area contributed by atoms with Crippen LogP contribution in [0.15, 0.2) is 50.0 Å². The van der Waals surface area contributed by atoms with E-state index in [1.165, 1.54) is 16.7 Å². The molecule has 3 aromatic heterocycles. The molecule has 0 aliphatic carbocycles. The van der Waals surface area contributed by atoms with E-state index >= 15 is 0 Å². The van der Waals surface area contributed by atoms with E-state index in [-0.39, 0.29) is 35.1 Å². The average Bonchev–Trinajstić information content (AvgIpc) is 3.75. The Morgan fingerprint density at radius 2 is 1.94 bits per heavy atom. The molecule has 12 nitrogen and oxygen atoms in total. The van der Waals surface area contributed by atoms with Gasteiger partial charge in [0.1, 0.15) is 11.9 Å². The lowest BCUT2D eigenvalue weighted by Crippen LogP contribution is -2.34. The van der Waals surface area contributed by atoms with Crippen LogP contribution in [0.1, 0.15) is 71.9 Å². The summed E-state index contributed by atoms with van der Waals surface area (Å²) in [5, 5.41) is 17.6. The van der Waals surface area contributed by atoms with E-state index in [0.29, 0.717) is 83.6 Å². The van der Waals surface area contributed by atoms with Crippen molar-refractivity contribution in [2.75, 3.05) is 26.9 Å². The number of ether oxygens (including phenoxy) is 2. The van der Waals surface area contributed by atoms with Gasteiger partial charge in [0.15, 0.2) is 5.58 Å². The Morgan fingerprint density at radius 3 is 2.66 bits per heavy atom. The summed E-state index contributed by atoms with van der Waals surface area (Å²) in [5.74, 6) is -0.448. The summed E-state index contributed by atoms with van der Waals surface area (Å²) < 4.78 is 38.8. The molecule has 0 radical (unpaired) electrons. The molecule has 7 rings (SSSR count). The molecular weight excluding hydrogens is 643 g/mol. The first-order chi connectivity index (χ1) is 24.0. The van der Waals surface area contributed by atoms with Crippen molar-refractivity contribution in [3.63, 3.8) is 0 Å². The van der Waals surface area contributed by atoms with Gasteiger partial charge in [0, 0.05) is 32.7 Å². The van der Waals surface area contributed by atoms with Crippen molar-refractivity contribution in [2.45, 2.75) is 65.1 Å². The van der Waals surface area contributed by atoms with E-state index in [9.17, 15) is 14.0 Å². The first kappa shape index (κ1) is 33.3. The number of aryl methyl sites for hydroxylation is 2. The monoisotopic (exact) mass is 680 g/mol. The van der Waals surface area contributed by atoms with Crippen molar-refractivity contribution < 1.29 is 27.5 Å². The second-order valence-electron chi connectivity index (χ2n) is 13.5. The number of nitrogens with zero attached hydrogens (tertiary/aromatic N) is 6. The summed E-state index contributed by atoms with van der Waals surface area (Å²) in [6.07, 6.45) is 3.33.